The van der Waals surface area contributed by atoms with Crippen LogP contribution in [0.3, 0.4) is 0 Å². The molecule has 0 atom stereocenters. The number of hydrogen-bond donors (Lipinski definition) is 3. The van der Waals surface area contributed by atoms with E-state index >= 15 is 0 Å². The monoisotopic (exact) mass is 300 g/mol. The first-order valence-corrected chi connectivity index (χ1v) is 7.18. The summed E-state index contributed by atoms with van der Waals surface area (Å²) in [6.07, 6.45) is 0.895. The van der Waals surface area contributed by atoms with E-state index in [-0.39, 0.29) is 16.8 Å². The van der Waals surface area contributed by atoms with Gasteiger partial charge in [-0.05, 0) is 25.5 Å². The van der Waals surface area contributed by atoms with Crippen LogP contribution < -0.4 is 15.6 Å². The molecule has 0 aliphatic rings. The lowest BCUT2D eigenvalue weighted by Crippen LogP contribution is -2.21. The Morgan fingerprint density at radius 3 is 2.77 bits per heavy atom. The Labute approximate surface area is 129 Å². The number of ether oxygens (including phenoxy) is 1. The van der Waals surface area contributed by atoms with E-state index in [0.717, 1.165) is 12.0 Å². The van der Waals surface area contributed by atoms with E-state index in [0.29, 0.717) is 24.0 Å². The average molecular weight is 300 g/mol. The van der Waals surface area contributed by atoms with Crippen LogP contribution in [0.15, 0.2) is 29.1 Å². The van der Waals surface area contributed by atoms with Crippen molar-refractivity contribution >= 4 is 11.5 Å². The summed E-state index contributed by atoms with van der Waals surface area (Å²) >= 11 is 0. The fourth-order valence-electron chi connectivity index (χ4n) is 2.13. The predicted octanol–water partition coefficient (Wildman–Crippen LogP) is 2.66. The molecule has 6 nitrogen and oxygen atoms in total. The fraction of sp³-hybridized carbons (Fsp3) is 0.312. The molecule has 0 amide bonds. The van der Waals surface area contributed by atoms with E-state index in [2.05, 4.69) is 15.3 Å². The molecule has 0 bridgehead atoms. The van der Waals surface area contributed by atoms with Crippen LogP contribution in [0.5, 0.6) is 5.75 Å². The summed E-state index contributed by atoms with van der Waals surface area (Å²) in [6.45, 7) is 4.19. The minimum Gasteiger partial charge on any atom is -0.493 e. The largest absolute Gasteiger partial charge is 0.493 e. The molecule has 2 aromatic rings. The summed E-state index contributed by atoms with van der Waals surface area (Å²) in [5, 5.41) is 10.6. The van der Waals surface area contributed by atoms with Crippen LogP contribution in [0, 0.1) is 5.41 Å². The van der Waals surface area contributed by atoms with Gasteiger partial charge in [0.25, 0.3) is 5.56 Å². The Morgan fingerprint density at radius 1 is 1.41 bits per heavy atom. The third-order valence-corrected chi connectivity index (χ3v) is 3.14. The van der Waals surface area contributed by atoms with Gasteiger partial charge < -0.3 is 20.4 Å². The standard InChI is InChI=1S/C16H20N4O2/c1-4-9-22-12-8-6-5-7-11(12)14-19-15(18-3)13(10(2)17)16(21)20-14/h5-8,17H,4,9H2,1-3H3,(H2,18,19,20,21). The van der Waals surface area contributed by atoms with E-state index in [1.54, 1.807) is 14.0 Å². The number of rotatable bonds is 6. The van der Waals surface area contributed by atoms with Crippen LogP contribution in [0.1, 0.15) is 25.8 Å². The number of aromatic nitrogens is 2. The van der Waals surface area contributed by atoms with Gasteiger partial charge in [0.05, 0.1) is 12.2 Å². The molecule has 2 rings (SSSR count). The van der Waals surface area contributed by atoms with Crippen molar-refractivity contribution in [3.63, 3.8) is 0 Å². The van der Waals surface area contributed by atoms with Crippen molar-refractivity contribution < 1.29 is 4.74 Å². The molecule has 0 saturated heterocycles. The molecule has 1 heterocycles. The number of aromatic amines is 1. The van der Waals surface area contributed by atoms with Crippen molar-refractivity contribution in [2.45, 2.75) is 20.3 Å². The quantitative estimate of drug-likeness (QED) is 0.715. The molecule has 0 unspecified atom stereocenters. The van der Waals surface area contributed by atoms with E-state index in [4.69, 9.17) is 10.1 Å². The highest BCUT2D eigenvalue weighted by Crippen LogP contribution is 2.27. The van der Waals surface area contributed by atoms with E-state index in [9.17, 15) is 4.79 Å². The molecule has 0 aliphatic heterocycles. The van der Waals surface area contributed by atoms with Gasteiger partial charge in [-0.15, -0.1) is 0 Å². The number of H-pyrrole nitrogens is 1. The Bertz CT molecular complexity index is 737. The van der Waals surface area contributed by atoms with Crippen molar-refractivity contribution in [3.8, 4) is 17.1 Å². The van der Waals surface area contributed by atoms with Crippen molar-refractivity contribution in [3.05, 3.63) is 40.2 Å². The number of hydrogen-bond acceptors (Lipinski definition) is 5. The smallest absolute Gasteiger partial charge is 0.262 e. The second-order valence-corrected chi connectivity index (χ2v) is 4.86. The molecule has 0 fully saturated rings. The number of benzene rings is 1. The summed E-state index contributed by atoms with van der Waals surface area (Å²) in [5.41, 5.74) is 0.796. The van der Waals surface area contributed by atoms with E-state index in [1.165, 1.54) is 0 Å². The number of para-hydroxylation sites is 1. The van der Waals surface area contributed by atoms with Gasteiger partial charge in [-0.1, -0.05) is 19.1 Å². The lowest BCUT2D eigenvalue weighted by atomic mass is 10.1. The average Bonchev–Trinajstić information content (AvgIpc) is 2.51. The Kier molecular flexibility index (Phi) is 4.93. The molecule has 0 radical (unpaired) electrons. The van der Waals surface area contributed by atoms with Crippen molar-refractivity contribution in [1.29, 1.82) is 5.41 Å². The molecule has 3 N–H and O–H groups in total. The fourth-order valence-corrected chi connectivity index (χ4v) is 2.13. The topological polar surface area (TPSA) is 90.9 Å². The number of nitrogens with zero attached hydrogens (tertiary/aromatic N) is 1. The maximum Gasteiger partial charge on any atom is 0.262 e. The van der Waals surface area contributed by atoms with Crippen molar-refractivity contribution in [1.82, 2.24) is 9.97 Å². The molecule has 0 spiro atoms. The maximum absolute atomic E-state index is 12.2. The maximum atomic E-state index is 12.2. The normalized spacial score (nSPS) is 10.3. The second kappa shape index (κ2) is 6.89. The first kappa shape index (κ1) is 15.8. The third-order valence-electron chi connectivity index (χ3n) is 3.14. The Balaban J connectivity index is 2.57. The first-order chi connectivity index (χ1) is 10.6. The molecule has 0 aliphatic carbocycles. The van der Waals surface area contributed by atoms with Gasteiger partial charge in [0, 0.05) is 12.8 Å². The van der Waals surface area contributed by atoms with Crippen molar-refractivity contribution in [2.24, 2.45) is 0 Å². The van der Waals surface area contributed by atoms with Crippen molar-refractivity contribution in [2.75, 3.05) is 19.0 Å². The molecule has 1 aromatic heterocycles. The van der Waals surface area contributed by atoms with Crippen LogP contribution in [-0.4, -0.2) is 29.3 Å². The molecule has 0 saturated carbocycles. The van der Waals surface area contributed by atoms with Gasteiger partial charge in [-0.25, -0.2) is 4.98 Å². The van der Waals surface area contributed by atoms with Gasteiger partial charge in [-0.3, -0.25) is 4.79 Å². The molecule has 6 heteroatoms. The third kappa shape index (κ3) is 3.16. The highest BCUT2D eigenvalue weighted by atomic mass is 16.5. The van der Waals surface area contributed by atoms with Crippen LogP contribution in [0.25, 0.3) is 11.4 Å². The van der Waals surface area contributed by atoms with Crippen LogP contribution in [-0.2, 0) is 0 Å². The number of anilines is 1. The highest BCUT2D eigenvalue weighted by Gasteiger charge is 2.15. The van der Waals surface area contributed by atoms with Crippen LogP contribution >= 0.6 is 0 Å². The van der Waals surface area contributed by atoms with Gasteiger partial charge in [-0.2, -0.15) is 0 Å². The zero-order valence-electron chi connectivity index (χ0n) is 13.0. The second-order valence-electron chi connectivity index (χ2n) is 4.86. The van der Waals surface area contributed by atoms with Gasteiger partial charge in [0.15, 0.2) is 0 Å². The van der Waals surface area contributed by atoms with E-state index < -0.39 is 0 Å². The molecule has 1 aromatic carbocycles. The molecule has 22 heavy (non-hydrogen) atoms. The molecular formula is C16H20N4O2. The predicted molar refractivity (Wildman–Crippen MR) is 88.1 cm³/mol. The summed E-state index contributed by atoms with van der Waals surface area (Å²) in [4.78, 5) is 19.4. The Hall–Kier alpha value is -2.63. The number of nitrogens with one attached hydrogen (secondary N) is 3. The van der Waals surface area contributed by atoms with E-state index in [1.807, 2.05) is 31.2 Å². The van der Waals surface area contributed by atoms with Crippen LogP contribution in [0.2, 0.25) is 0 Å². The zero-order valence-corrected chi connectivity index (χ0v) is 13.0. The highest BCUT2D eigenvalue weighted by molar-refractivity contribution is 6.00. The minimum atomic E-state index is -0.341. The lowest BCUT2D eigenvalue weighted by molar-refractivity contribution is 0.318. The van der Waals surface area contributed by atoms with Crippen LogP contribution in [0.4, 0.5) is 5.82 Å². The molecular weight excluding hydrogens is 280 g/mol. The van der Waals surface area contributed by atoms with Gasteiger partial charge in [0.2, 0.25) is 0 Å². The summed E-state index contributed by atoms with van der Waals surface area (Å²) in [7, 11) is 1.68. The summed E-state index contributed by atoms with van der Waals surface area (Å²) in [5.74, 6) is 1.48. The van der Waals surface area contributed by atoms with Gasteiger partial charge >= 0.3 is 0 Å². The Morgan fingerprint density at radius 2 is 2.14 bits per heavy atom. The lowest BCUT2D eigenvalue weighted by Gasteiger charge is -2.12. The molecule has 116 valence electrons. The SMILES string of the molecule is CCCOc1ccccc1-c1nc(NC)c(C(C)=N)c(=O)[nH]1. The minimum absolute atomic E-state index is 0.167. The zero-order chi connectivity index (χ0) is 16.1. The van der Waals surface area contributed by atoms with Gasteiger partial charge in [0.1, 0.15) is 23.0 Å². The summed E-state index contributed by atoms with van der Waals surface area (Å²) < 4.78 is 5.71. The first-order valence-electron chi connectivity index (χ1n) is 7.18. The summed E-state index contributed by atoms with van der Waals surface area (Å²) in [6, 6.07) is 7.43.